The zero-order chi connectivity index (χ0) is 11.1. The second kappa shape index (κ2) is 7.20. The second-order valence-electron chi connectivity index (χ2n) is 4.28. The minimum Gasteiger partial charge on any atom is -0.395 e. The highest BCUT2D eigenvalue weighted by molar-refractivity contribution is 4.79. The highest BCUT2D eigenvalue weighted by atomic mass is 16.5. The van der Waals surface area contributed by atoms with Gasteiger partial charge in [0.05, 0.1) is 6.61 Å². The van der Waals surface area contributed by atoms with Gasteiger partial charge in [0, 0.05) is 31.8 Å². The van der Waals surface area contributed by atoms with Gasteiger partial charge in [-0.25, -0.2) is 0 Å². The Hall–Kier alpha value is -0.120. The molecule has 1 fully saturated rings. The van der Waals surface area contributed by atoms with Crippen molar-refractivity contribution in [2.75, 3.05) is 26.4 Å². The van der Waals surface area contributed by atoms with Crippen LogP contribution in [0.3, 0.4) is 0 Å². The summed E-state index contributed by atoms with van der Waals surface area (Å²) in [5, 5.41) is 9.13. The van der Waals surface area contributed by atoms with Crippen molar-refractivity contribution in [3.8, 4) is 0 Å². The SMILES string of the molecule is CCC(CC)N(CCO)C1CCOCC1. The van der Waals surface area contributed by atoms with Crippen LogP contribution in [0.5, 0.6) is 0 Å². The fraction of sp³-hybridized carbons (Fsp3) is 1.00. The Kier molecular flexibility index (Phi) is 6.22. The first-order valence-corrected chi connectivity index (χ1v) is 6.27. The molecule has 1 aliphatic rings. The summed E-state index contributed by atoms with van der Waals surface area (Å²) in [5.74, 6) is 0. The van der Waals surface area contributed by atoms with Crippen LogP contribution in [0.15, 0.2) is 0 Å². The van der Waals surface area contributed by atoms with Crippen LogP contribution in [-0.2, 0) is 4.74 Å². The van der Waals surface area contributed by atoms with Crippen LogP contribution in [0.25, 0.3) is 0 Å². The topological polar surface area (TPSA) is 32.7 Å². The summed E-state index contributed by atoms with van der Waals surface area (Å²) in [6.45, 7) is 7.32. The van der Waals surface area contributed by atoms with Crippen LogP contribution in [-0.4, -0.2) is 48.5 Å². The van der Waals surface area contributed by atoms with Crippen LogP contribution in [0.4, 0.5) is 0 Å². The van der Waals surface area contributed by atoms with E-state index < -0.39 is 0 Å². The van der Waals surface area contributed by atoms with E-state index in [2.05, 4.69) is 18.7 Å². The van der Waals surface area contributed by atoms with Gasteiger partial charge in [-0.1, -0.05) is 13.8 Å². The van der Waals surface area contributed by atoms with Crippen molar-refractivity contribution in [1.29, 1.82) is 0 Å². The molecule has 0 saturated carbocycles. The first kappa shape index (κ1) is 12.9. The molecular formula is C12H25NO2. The quantitative estimate of drug-likeness (QED) is 0.731. The number of rotatable bonds is 6. The van der Waals surface area contributed by atoms with E-state index in [1.165, 1.54) is 12.8 Å². The third-order valence-electron chi connectivity index (χ3n) is 3.43. The molecule has 90 valence electrons. The zero-order valence-corrected chi connectivity index (χ0v) is 10.1. The summed E-state index contributed by atoms with van der Waals surface area (Å²) in [7, 11) is 0. The fourth-order valence-electron chi connectivity index (χ4n) is 2.55. The molecule has 0 amide bonds. The van der Waals surface area contributed by atoms with Crippen molar-refractivity contribution in [3.05, 3.63) is 0 Å². The lowest BCUT2D eigenvalue weighted by Crippen LogP contribution is -2.46. The van der Waals surface area contributed by atoms with Crippen LogP contribution in [0.2, 0.25) is 0 Å². The maximum absolute atomic E-state index is 9.13. The number of hydrogen-bond donors (Lipinski definition) is 1. The van der Waals surface area contributed by atoms with Gasteiger partial charge < -0.3 is 9.84 Å². The predicted molar refractivity (Wildman–Crippen MR) is 62.0 cm³/mol. The summed E-state index contributed by atoms with van der Waals surface area (Å²) in [6.07, 6.45) is 4.59. The van der Waals surface area contributed by atoms with Crippen LogP contribution in [0.1, 0.15) is 39.5 Å². The molecule has 3 nitrogen and oxygen atoms in total. The molecule has 0 spiro atoms. The zero-order valence-electron chi connectivity index (χ0n) is 10.1. The molecule has 0 atom stereocenters. The van der Waals surface area contributed by atoms with E-state index in [4.69, 9.17) is 9.84 Å². The van der Waals surface area contributed by atoms with Gasteiger partial charge in [-0.2, -0.15) is 0 Å². The fourth-order valence-corrected chi connectivity index (χ4v) is 2.55. The van der Waals surface area contributed by atoms with Crippen molar-refractivity contribution >= 4 is 0 Å². The van der Waals surface area contributed by atoms with Gasteiger partial charge in [0.2, 0.25) is 0 Å². The van der Waals surface area contributed by atoms with Gasteiger partial charge in [0.15, 0.2) is 0 Å². The average Bonchev–Trinajstić information content (AvgIpc) is 2.30. The predicted octanol–water partition coefficient (Wildman–Crippen LogP) is 1.65. The Morgan fingerprint density at radius 2 is 1.87 bits per heavy atom. The normalized spacial score (nSPS) is 19.0. The number of aliphatic hydroxyl groups is 1. The highest BCUT2D eigenvalue weighted by Crippen LogP contribution is 2.19. The van der Waals surface area contributed by atoms with Crippen LogP contribution < -0.4 is 0 Å². The molecule has 3 heteroatoms. The molecule has 0 radical (unpaired) electrons. The van der Waals surface area contributed by atoms with Crippen molar-refractivity contribution in [2.24, 2.45) is 0 Å². The summed E-state index contributed by atoms with van der Waals surface area (Å²) < 4.78 is 5.39. The monoisotopic (exact) mass is 215 g/mol. The Bertz CT molecular complexity index is 154. The van der Waals surface area contributed by atoms with E-state index in [-0.39, 0.29) is 6.61 Å². The number of ether oxygens (including phenoxy) is 1. The number of nitrogens with zero attached hydrogens (tertiary/aromatic N) is 1. The first-order chi connectivity index (χ1) is 7.33. The van der Waals surface area contributed by atoms with Crippen molar-refractivity contribution in [1.82, 2.24) is 4.90 Å². The lowest BCUT2D eigenvalue weighted by atomic mass is 10.0. The van der Waals surface area contributed by atoms with E-state index >= 15 is 0 Å². The summed E-state index contributed by atoms with van der Waals surface area (Å²) >= 11 is 0. The van der Waals surface area contributed by atoms with Gasteiger partial charge >= 0.3 is 0 Å². The van der Waals surface area contributed by atoms with E-state index in [1.807, 2.05) is 0 Å². The molecule has 0 aliphatic carbocycles. The maximum Gasteiger partial charge on any atom is 0.0558 e. The van der Waals surface area contributed by atoms with E-state index in [0.29, 0.717) is 12.1 Å². The molecule has 15 heavy (non-hydrogen) atoms. The minimum atomic E-state index is 0.272. The molecular weight excluding hydrogens is 190 g/mol. The number of aliphatic hydroxyl groups excluding tert-OH is 1. The van der Waals surface area contributed by atoms with Gasteiger partial charge in [-0.3, -0.25) is 4.90 Å². The third kappa shape index (κ3) is 3.74. The smallest absolute Gasteiger partial charge is 0.0558 e. The Morgan fingerprint density at radius 1 is 1.27 bits per heavy atom. The lowest BCUT2D eigenvalue weighted by Gasteiger charge is -2.39. The third-order valence-corrected chi connectivity index (χ3v) is 3.43. The maximum atomic E-state index is 9.13. The molecule has 0 aromatic heterocycles. The Balaban J connectivity index is 2.53. The molecule has 1 heterocycles. The molecule has 1 N–H and O–H groups in total. The van der Waals surface area contributed by atoms with Gasteiger partial charge in [0.1, 0.15) is 0 Å². The van der Waals surface area contributed by atoms with Crippen molar-refractivity contribution in [2.45, 2.75) is 51.6 Å². The summed E-state index contributed by atoms with van der Waals surface area (Å²) in [5.41, 5.74) is 0. The van der Waals surface area contributed by atoms with E-state index in [0.717, 1.165) is 32.6 Å². The highest BCUT2D eigenvalue weighted by Gasteiger charge is 2.25. The largest absolute Gasteiger partial charge is 0.395 e. The van der Waals surface area contributed by atoms with Crippen LogP contribution >= 0.6 is 0 Å². The van der Waals surface area contributed by atoms with Gasteiger partial charge in [-0.15, -0.1) is 0 Å². The molecule has 0 aromatic rings. The summed E-state index contributed by atoms with van der Waals surface area (Å²) in [4.78, 5) is 2.49. The standard InChI is InChI=1S/C12H25NO2/c1-3-11(4-2)13(7-8-14)12-5-9-15-10-6-12/h11-12,14H,3-10H2,1-2H3. The molecule has 0 aromatic carbocycles. The minimum absolute atomic E-state index is 0.272. The summed E-state index contributed by atoms with van der Waals surface area (Å²) in [6, 6.07) is 1.25. The molecule has 0 unspecified atom stereocenters. The average molecular weight is 215 g/mol. The Morgan fingerprint density at radius 3 is 2.33 bits per heavy atom. The number of hydrogen-bond acceptors (Lipinski definition) is 3. The Labute approximate surface area is 93.4 Å². The van der Waals surface area contributed by atoms with Crippen molar-refractivity contribution in [3.63, 3.8) is 0 Å². The van der Waals surface area contributed by atoms with E-state index in [1.54, 1.807) is 0 Å². The van der Waals surface area contributed by atoms with Crippen LogP contribution in [0, 0.1) is 0 Å². The molecule has 1 saturated heterocycles. The molecule has 1 aliphatic heterocycles. The van der Waals surface area contributed by atoms with Gasteiger partial charge in [-0.05, 0) is 25.7 Å². The first-order valence-electron chi connectivity index (χ1n) is 6.27. The van der Waals surface area contributed by atoms with E-state index in [9.17, 15) is 0 Å². The van der Waals surface area contributed by atoms with Crippen molar-refractivity contribution < 1.29 is 9.84 Å². The van der Waals surface area contributed by atoms with Gasteiger partial charge in [0.25, 0.3) is 0 Å². The molecule has 1 rings (SSSR count). The second-order valence-corrected chi connectivity index (χ2v) is 4.28. The molecule has 0 bridgehead atoms. The lowest BCUT2D eigenvalue weighted by molar-refractivity contribution is 0.00796.